The summed E-state index contributed by atoms with van der Waals surface area (Å²) in [6.07, 6.45) is 5.02. The number of rotatable bonds is 2. The van der Waals surface area contributed by atoms with Gasteiger partial charge in [-0.25, -0.2) is 4.39 Å². The summed E-state index contributed by atoms with van der Waals surface area (Å²) in [4.78, 5) is 0. The van der Waals surface area contributed by atoms with Crippen LogP contribution in [0.1, 0.15) is 32.1 Å². The van der Waals surface area contributed by atoms with Gasteiger partial charge in [-0.05, 0) is 53.4 Å². The highest BCUT2D eigenvalue weighted by Gasteiger charge is 2.25. The second kappa shape index (κ2) is 6.19. The van der Waals surface area contributed by atoms with E-state index in [2.05, 4.69) is 22.0 Å². The molecule has 0 saturated heterocycles. The molecule has 0 aromatic heterocycles. The standard InChI is InChI=1S/C14H15BrFNO/c15-12-8-11(16)6-7-14(12)18-13-5-3-1-2-4-10(13)9-17/h6-8,10,13H,1-5H2. The van der Waals surface area contributed by atoms with Crippen LogP contribution in [0.2, 0.25) is 0 Å². The number of ether oxygens (including phenoxy) is 1. The van der Waals surface area contributed by atoms with Crippen LogP contribution in [-0.4, -0.2) is 6.10 Å². The highest BCUT2D eigenvalue weighted by molar-refractivity contribution is 9.10. The highest BCUT2D eigenvalue weighted by Crippen LogP contribution is 2.31. The van der Waals surface area contributed by atoms with Crippen LogP contribution in [-0.2, 0) is 0 Å². The van der Waals surface area contributed by atoms with E-state index < -0.39 is 0 Å². The lowest BCUT2D eigenvalue weighted by Crippen LogP contribution is -2.25. The van der Waals surface area contributed by atoms with Gasteiger partial charge in [0.1, 0.15) is 17.7 Å². The summed E-state index contributed by atoms with van der Waals surface area (Å²) in [6.45, 7) is 0. The summed E-state index contributed by atoms with van der Waals surface area (Å²) in [5, 5.41) is 9.18. The number of halogens is 2. The molecule has 0 aliphatic heterocycles. The second-order valence-electron chi connectivity index (χ2n) is 4.60. The van der Waals surface area contributed by atoms with Gasteiger partial charge in [-0.15, -0.1) is 0 Å². The Balaban J connectivity index is 2.13. The predicted molar refractivity (Wildman–Crippen MR) is 70.7 cm³/mol. The Kier molecular flexibility index (Phi) is 4.60. The van der Waals surface area contributed by atoms with E-state index in [0.717, 1.165) is 32.1 Å². The van der Waals surface area contributed by atoms with E-state index in [0.29, 0.717) is 10.2 Å². The molecule has 0 radical (unpaired) electrons. The molecule has 2 rings (SSSR count). The van der Waals surface area contributed by atoms with E-state index in [-0.39, 0.29) is 17.8 Å². The summed E-state index contributed by atoms with van der Waals surface area (Å²) in [7, 11) is 0. The van der Waals surface area contributed by atoms with Crippen molar-refractivity contribution in [2.75, 3.05) is 0 Å². The molecule has 0 spiro atoms. The Morgan fingerprint density at radius 3 is 2.78 bits per heavy atom. The minimum Gasteiger partial charge on any atom is -0.488 e. The molecule has 96 valence electrons. The summed E-state index contributed by atoms with van der Waals surface area (Å²) in [5.41, 5.74) is 0. The fourth-order valence-corrected chi connectivity index (χ4v) is 2.74. The molecule has 4 heteroatoms. The molecular weight excluding hydrogens is 297 g/mol. The number of nitrogens with zero attached hydrogens (tertiary/aromatic N) is 1. The van der Waals surface area contributed by atoms with E-state index >= 15 is 0 Å². The van der Waals surface area contributed by atoms with Crippen molar-refractivity contribution in [1.29, 1.82) is 5.26 Å². The molecule has 1 aliphatic rings. The van der Waals surface area contributed by atoms with E-state index in [4.69, 9.17) is 4.74 Å². The van der Waals surface area contributed by atoms with E-state index in [9.17, 15) is 9.65 Å². The maximum Gasteiger partial charge on any atom is 0.134 e. The largest absolute Gasteiger partial charge is 0.488 e. The summed E-state index contributed by atoms with van der Waals surface area (Å²) < 4.78 is 19.5. The van der Waals surface area contributed by atoms with Gasteiger partial charge in [0, 0.05) is 0 Å². The van der Waals surface area contributed by atoms with Crippen molar-refractivity contribution < 1.29 is 9.13 Å². The maximum atomic E-state index is 13.0. The first-order valence-electron chi connectivity index (χ1n) is 6.22. The van der Waals surface area contributed by atoms with Gasteiger partial charge in [0.25, 0.3) is 0 Å². The summed E-state index contributed by atoms with van der Waals surface area (Å²) in [6, 6.07) is 6.70. The van der Waals surface area contributed by atoms with Crippen molar-refractivity contribution in [2.24, 2.45) is 5.92 Å². The monoisotopic (exact) mass is 311 g/mol. The van der Waals surface area contributed by atoms with Gasteiger partial charge in [-0.1, -0.05) is 12.8 Å². The Bertz CT molecular complexity index is 458. The van der Waals surface area contributed by atoms with Gasteiger partial charge in [0.05, 0.1) is 16.5 Å². The SMILES string of the molecule is N#CC1CCCCCC1Oc1ccc(F)cc1Br. The van der Waals surface area contributed by atoms with E-state index in [1.165, 1.54) is 12.1 Å². The average Bonchev–Trinajstić information content (AvgIpc) is 2.57. The molecule has 0 heterocycles. The third kappa shape index (κ3) is 3.23. The molecule has 0 amide bonds. The molecule has 1 aromatic rings. The number of hydrogen-bond donors (Lipinski definition) is 0. The van der Waals surface area contributed by atoms with Gasteiger partial charge in [0.2, 0.25) is 0 Å². The van der Waals surface area contributed by atoms with Crippen LogP contribution in [0.4, 0.5) is 4.39 Å². The molecule has 2 nitrogen and oxygen atoms in total. The molecule has 1 fully saturated rings. The predicted octanol–water partition coefficient (Wildman–Crippen LogP) is 4.44. The van der Waals surface area contributed by atoms with Gasteiger partial charge in [-0.3, -0.25) is 0 Å². The van der Waals surface area contributed by atoms with Gasteiger partial charge in [0.15, 0.2) is 0 Å². The normalized spacial score (nSPS) is 24.1. The topological polar surface area (TPSA) is 33.0 Å². The van der Waals surface area contributed by atoms with Crippen LogP contribution in [0.25, 0.3) is 0 Å². The third-order valence-corrected chi connectivity index (χ3v) is 3.91. The summed E-state index contributed by atoms with van der Waals surface area (Å²) in [5.74, 6) is 0.250. The van der Waals surface area contributed by atoms with Crippen LogP contribution >= 0.6 is 15.9 Å². The van der Waals surface area contributed by atoms with Crippen molar-refractivity contribution in [3.05, 3.63) is 28.5 Å². The van der Waals surface area contributed by atoms with Crippen LogP contribution in [0.15, 0.2) is 22.7 Å². The Morgan fingerprint density at radius 1 is 1.28 bits per heavy atom. The van der Waals surface area contributed by atoms with Crippen molar-refractivity contribution >= 4 is 15.9 Å². The molecule has 0 N–H and O–H groups in total. The Morgan fingerprint density at radius 2 is 2.06 bits per heavy atom. The molecule has 2 unspecified atom stereocenters. The third-order valence-electron chi connectivity index (χ3n) is 3.29. The molecule has 0 bridgehead atoms. The highest BCUT2D eigenvalue weighted by atomic mass is 79.9. The zero-order valence-corrected chi connectivity index (χ0v) is 11.6. The second-order valence-corrected chi connectivity index (χ2v) is 5.46. The zero-order valence-electron chi connectivity index (χ0n) is 10.0. The van der Waals surface area contributed by atoms with Crippen LogP contribution in [0, 0.1) is 23.1 Å². The van der Waals surface area contributed by atoms with Gasteiger partial charge < -0.3 is 4.74 Å². The molecular formula is C14H15BrFNO. The first kappa shape index (κ1) is 13.4. The lowest BCUT2D eigenvalue weighted by molar-refractivity contribution is 0.150. The van der Waals surface area contributed by atoms with Gasteiger partial charge in [-0.2, -0.15) is 5.26 Å². The lowest BCUT2D eigenvalue weighted by Gasteiger charge is -2.21. The van der Waals surface area contributed by atoms with Crippen molar-refractivity contribution in [2.45, 2.75) is 38.2 Å². The van der Waals surface area contributed by atoms with Gasteiger partial charge >= 0.3 is 0 Å². The molecule has 1 aliphatic carbocycles. The fourth-order valence-electron chi connectivity index (χ4n) is 2.30. The van der Waals surface area contributed by atoms with Crippen molar-refractivity contribution in [3.63, 3.8) is 0 Å². The fraction of sp³-hybridized carbons (Fsp3) is 0.500. The summed E-state index contributed by atoms with van der Waals surface area (Å²) >= 11 is 3.29. The minimum atomic E-state index is -0.299. The quantitative estimate of drug-likeness (QED) is 0.756. The maximum absolute atomic E-state index is 13.0. The van der Waals surface area contributed by atoms with Crippen molar-refractivity contribution in [3.8, 4) is 11.8 Å². The smallest absolute Gasteiger partial charge is 0.134 e. The van der Waals surface area contributed by atoms with Crippen LogP contribution in [0.3, 0.4) is 0 Å². The zero-order chi connectivity index (χ0) is 13.0. The van der Waals surface area contributed by atoms with Crippen molar-refractivity contribution in [1.82, 2.24) is 0 Å². The molecule has 1 aromatic carbocycles. The van der Waals surface area contributed by atoms with Crippen LogP contribution in [0.5, 0.6) is 5.75 Å². The average molecular weight is 312 g/mol. The van der Waals surface area contributed by atoms with E-state index in [1.54, 1.807) is 6.07 Å². The first-order chi connectivity index (χ1) is 8.70. The van der Waals surface area contributed by atoms with Crippen LogP contribution < -0.4 is 4.74 Å². The first-order valence-corrected chi connectivity index (χ1v) is 7.01. The Hall–Kier alpha value is -1.08. The Labute approximate surface area is 115 Å². The number of nitriles is 1. The lowest BCUT2D eigenvalue weighted by atomic mass is 9.99. The molecule has 18 heavy (non-hydrogen) atoms. The molecule has 1 saturated carbocycles. The minimum absolute atomic E-state index is 0.0653. The molecule has 2 atom stereocenters. The number of benzene rings is 1. The van der Waals surface area contributed by atoms with E-state index in [1.807, 2.05) is 0 Å². The number of hydrogen-bond acceptors (Lipinski definition) is 2.